The second-order valence-electron chi connectivity index (χ2n) is 7.31. The van der Waals surface area contributed by atoms with Gasteiger partial charge in [0.05, 0.1) is 18.5 Å². The monoisotopic (exact) mass is 327 g/mol. The molecule has 1 aliphatic rings. The van der Waals surface area contributed by atoms with E-state index in [-0.39, 0.29) is 5.41 Å². The van der Waals surface area contributed by atoms with Gasteiger partial charge in [0.2, 0.25) is 5.88 Å². The SMILES string of the molecule is CC(C)(C)c1ccc(OCC2CCN(c3cnccn3)CC2)nn1. The summed E-state index contributed by atoms with van der Waals surface area (Å²) < 4.78 is 5.83. The molecule has 0 spiro atoms. The van der Waals surface area contributed by atoms with Gasteiger partial charge in [-0.2, -0.15) is 5.10 Å². The van der Waals surface area contributed by atoms with Gasteiger partial charge in [0, 0.05) is 37.0 Å². The molecule has 0 radical (unpaired) electrons. The maximum absolute atomic E-state index is 5.83. The molecular formula is C18H25N5O. The summed E-state index contributed by atoms with van der Waals surface area (Å²) in [5, 5.41) is 8.46. The van der Waals surface area contributed by atoms with Gasteiger partial charge >= 0.3 is 0 Å². The van der Waals surface area contributed by atoms with Gasteiger partial charge in [-0.25, -0.2) is 4.98 Å². The lowest BCUT2D eigenvalue weighted by atomic mass is 9.92. The Kier molecular flexibility index (Phi) is 4.92. The van der Waals surface area contributed by atoms with E-state index in [4.69, 9.17) is 4.74 Å². The van der Waals surface area contributed by atoms with Crippen LogP contribution in [0.15, 0.2) is 30.7 Å². The highest BCUT2D eigenvalue weighted by Gasteiger charge is 2.21. The molecule has 1 fully saturated rings. The van der Waals surface area contributed by atoms with Crippen molar-refractivity contribution >= 4 is 5.82 Å². The van der Waals surface area contributed by atoms with Gasteiger partial charge in [-0.15, -0.1) is 5.10 Å². The number of ether oxygens (including phenoxy) is 1. The summed E-state index contributed by atoms with van der Waals surface area (Å²) in [7, 11) is 0. The van der Waals surface area contributed by atoms with Crippen LogP contribution in [0.25, 0.3) is 0 Å². The van der Waals surface area contributed by atoms with Crippen molar-refractivity contribution in [3.63, 3.8) is 0 Å². The summed E-state index contributed by atoms with van der Waals surface area (Å²) in [5.41, 5.74) is 0.991. The van der Waals surface area contributed by atoms with E-state index in [0.29, 0.717) is 18.4 Å². The zero-order valence-electron chi connectivity index (χ0n) is 14.6. The molecule has 3 rings (SSSR count). The Morgan fingerprint density at radius 3 is 2.50 bits per heavy atom. The molecule has 0 amide bonds. The lowest BCUT2D eigenvalue weighted by Crippen LogP contribution is -2.36. The van der Waals surface area contributed by atoms with E-state index in [1.165, 1.54) is 0 Å². The maximum atomic E-state index is 5.83. The van der Waals surface area contributed by atoms with Gasteiger partial charge in [0.1, 0.15) is 5.82 Å². The Morgan fingerprint density at radius 2 is 1.92 bits per heavy atom. The molecule has 1 saturated heterocycles. The summed E-state index contributed by atoms with van der Waals surface area (Å²) in [6.45, 7) is 9.05. The van der Waals surface area contributed by atoms with Crippen molar-refractivity contribution in [1.29, 1.82) is 0 Å². The predicted molar refractivity (Wildman–Crippen MR) is 93.2 cm³/mol. The minimum absolute atomic E-state index is 0.0126. The van der Waals surface area contributed by atoms with E-state index < -0.39 is 0 Å². The molecule has 3 heterocycles. The number of hydrogen-bond donors (Lipinski definition) is 0. The van der Waals surface area contributed by atoms with Crippen molar-refractivity contribution in [2.75, 3.05) is 24.6 Å². The molecule has 128 valence electrons. The normalized spacial score (nSPS) is 16.2. The molecule has 0 atom stereocenters. The number of anilines is 1. The first-order chi connectivity index (χ1) is 11.5. The van der Waals surface area contributed by atoms with Gasteiger partial charge in [-0.3, -0.25) is 4.98 Å². The minimum atomic E-state index is 0.0126. The van der Waals surface area contributed by atoms with Crippen molar-refractivity contribution in [2.24, 2.45) is 5.92 Å². The minimum Gasteiger partial charge on any atom is -0.476 e. The average Bonchev–Trinajstić information content (AvgIpc) is 2.61. The highest BCUT2D eigenvalue weighted by Crippen LogP contribution is 2.23. The van der Waals surface area contributed by atoms with E-state index in [0.717, 1.165) is 37.4 Å². The largest absolute Gasteiger partial charge is 0.476 e. The quantitative estimate of drug-likeness (QED) is 0.860. The molecule has 0 bridgehead atoms. The first-order valence-corrected chi connectivity index (χ1v) is 8.50. The number of aromatic nitrogens is 4. The molecule has 6 nitrogen and oxygen atoms in total. The Balaban J connectivity index is 1.47. The van der Waals surface area contributed by atoms with E-state index in [1.54, 1.807) is 12.4 Å². The molecule has 1 aliphatic heterocycles. The van der Waals surface area contributed by atoms with Crippen LogP contribution in [0.2, 0.25) is 0 Å². The van der Waals surface area contributed by atoms with Crippen LogP contribution in [-0.4, -0.2) is 39.9 Å². The second kappa shape index (κ2) is 7.11. The van der Waals surface area contributed by atoms with E-state index >= 15 is 0 Å². The molecule has 2 aromatic heterocycles. The molecular weight excluding hydrogens is 302 g/mol. The zero-order chi connectivity index (χ0) is 17.0. The number of rotatable bonds is 4. The molecule has 0 aliphatic carbocycles. The Hall–Kier alpha value is -2.24. The second-order valence-corrected chi connectivity index (χ2v) is 7.31. The predicted octanol–water partition coefficient (Wildman–Crippen LogP) is 2.86. The topological polar surface area (TPSA) is 64.0 Å². The van der Waals surface area contributed by atoms with Crippen LogP contribution < -0.4 is 9.64 Å². The van der Waals surface area contributed by atoms with Crippen molar-refractivity contribution in [3.8, 4) is 5.88 Å². The fraction of sp³-hybridized carbons (Fsp3) is 0.556. The standard InChI is InChI=1S/C18H25N5O/c1-18(2,3)15-4-5-17(22-21-15)24-13-14-6-10-23(11-7-14)16-12-19-8-9-20-16/h4-5,8-9,12,14H,6-7,10-11,13H2,1-3H3. The summed E-state index contributed by atoms with van der Waals surface area (Å²) in [6.07, 6.45) is 7.44. The van der Waals surface area contributed by atoms with Gasteiger partial charge in [0.15, 0.2) is 0 Å². The van der Waals surface area contributed by atoms with Crippen molar-refractivity contribution < 1.29 is 4.74 Å². The fourth-order valence-electron chi connectivity index (χ4n) is 2.78. The smallest absolute Gasteiger partial charge is 0.233 e. The third-order valence-corrected chi connectivity index (χ3v) is 4.36. The zero-order valence-corrected chi connectivity index (χ0v) is 14.6. The average molecular weight is 327 g/mol. The van der Waals surface area contributed by atoms with E-state index in [1.807, 2.05) is 18.3 Å². The molecule has 24 heavy (non-hydrogen) atoms. The fourth-order valence-corrected chi connectivity index (χ4v) is 2.78. The first kappa shape index (κ1) is 16.6. The molecule has 6 heteroatoms. The van der Waals surface area contributed by atoms with Crippen molar-refractivity contribution in [1.82, 2.24) is 20.2 Å². The van der Waals surface area contributed by atoms with Gasteiger partial charge in [-0.05, 0) is 24.8 Å². The maximum Gasteiger partial charge on any atom is 0.233 e. The lowest BCUT2D eigenvalue weighted by Gasteiger charge is -2.32. The highest BCUT2D eigenvalue weighted by molar-refractivity contribution is 5.35. The van der Waals surface area contributed by atoms with Gasteiger partial charge in [0.25, 0.3) is 0 Å². The Morgan fingerprint density at radius 1 is 1.12 bits per heavy atom. The number of piperidine rings is 1. The Labute approximate surface area is 143 Å². The highest BCUT2D eigenvalue weighted by atomic mass is 16.5. The summed E-state index contributed by atoms with van der Waals surface area (Å²) in [5.74, 6) is 2.11. The van der Waals surface area contributed by atoms with Crippen LogP contribution in [0.5, 0.6) is 5.88 Å². The third kappa shape index (κ3) is 4.19. The summed E-state index contributed by atoms with van der Waals surface area (Å²) in [4.78, 5) is 10.8. The summed E-state index contributed by atoms with van der Waals surface area (Å²) >= 11 is 0. The first-order valence-electron chi connectivity index (χ1n) is 8.50. The molecule has 0 N–H and O–H groups in total. The van der Waals surface area contributed by atoms with Crippen LogP contribution in [0, 0.1) is 5.92 Å². The number of hydrogen-bond acceptors (Lipinski definition) is 6. The summed E-state index contributed by atoms with van der Waals surface area (Å²) in [6, 6.07) is 3.92. The van der Waals surface area contributed by atoms with Gasteiger partial charge in [-0.1, -0.05) is 20.8 Å². The van der Waals surface area contributed by atoms with Crippen LogP contribution in [0.3, 0.4) is 0 Å². The lowest BCUT2D eigenvalue weighted by molar-refractivity contribution is 0.213. The molecule has 0 aromatic carbocycles. The van der Waals surface area contributed by atoms with Crippen LogP contribution in [0.1, 0.15) is 39.3 Å². The van der Waals surface area contributed by atoms with Crippen LogP contribution in [-0.2, 0) is 5.41 Å². The number of nitrogens with zero attached hydrogens (tertiary/aromatic N) is 5. The van der Waals surface area contributed by atoms with Crippen molar-refractivity contribution in [2.45, 2.75) is 39.0 Å². The van der Waals surface area contributed by atoms with Crippen LogP contribution in [0.4, 0.5) is 5.82 Å². The molecule has 2 aromatic rings. The van der Waals surface area contributed by atoms with E-state index in [2.05, 4.69) is 45.8 Å². The van der Waals surface area contributed by atoms with Gasteiger partial charge < -0.3 is 9.64 Å². The van der Waals surface area contributed by atoms with Crippen LogP contribution >= 0.6 is 0 Å². The van der Waals surface area contributed by atoms with E-state index in [9.17, 15) is 0 Å². The molecule has 0 unspecified atom stereocenters. The third-order valence-electron chi connectivity index (χ3n) is 4.36. The Bertz CT molecular complexity index is 631. The van der Waals surface area contributed by atoms with Crippen molar-refractivity contribution in [3.05, 3.63) is 36.4 Å². The molecule has 0 saturated carbocycles.